The van der Waals surface area contributed by atoms with Crippen LogP contribution in [0.5, 0.6) is 0 Å². The minimum Gasteiger partial charge on any atom is -0.352 e. The summed E-state index contributed by atoms with van der Waals surface area (Å²) in [6, 6.07) is 9.15. The quantitative estimate of drug-likeness (QED) is 0.857. The van der Waals surface area contributed by atoms with E-state index in [1.54, 1.807) is 0 Å². The Balaban J connectivity index is 1.88. The van der Waals surface area contributed by atoms with Crippen LogP contribution in [0.25, 0.3) is 0 Å². The average molecular weight is 249 g/mol. The van der Waals surface area contributed by atoms with Crippen LogP contribution in [-0.2, 0) is 12.3 Å². The molecule has 0 radical (unpaired) electrons. The molecule has 0 spiro atoms. The second-order valence-electron chi connectivity index (χ2n) is 4.34. The molecule has 0 aliphatic carbocycles. The van der Waals surface area contributed by atoms with Crippen LogP contribution in [0.3, 0.4) is 0 Å². The van der Waals surface area contributed by atoms with Crippen molar-refractivity contribution in [3.63, 3.8) is 0 Å². The fourth-order valence-electron chi connectivity index (χ4n) is 1.84. The number of rotatable bonds is 4. The molecule has 1 unspecified atom stereocenters. The third kappa shape index (κ3) is 3.66. The minimum absolute atomic E-state index is 0.459. The molecule has 2 N–H and O–H groups in total. The number of guanidine groups is 1. The van der Waals surface area contributed by atoms with Crippen molar-refractivity contribution in [3.05, 3.63) is 35.4 Å². The van der Waals surface area contributed by atoms with Gasteiger partial charge in [-0.05, 0) is 24.3 Å². The van der Waals surface area contributed by atoms with Crippen molar-refractivity contribution in [1.29, 1.82) is 0 Å². The van der Waals surface area contributed by atoms with Crippen LogP contribution in [0.15, 0.2) is 29.3 Å². The van der Waals surface area contributed by atoms with Gasteiger partial charge in [0.2, 0.25) is 0 Å². The predicted molar refractivity (Wildman–Crippen MR) is 75.4 cm³/mol. The second kappa shape index (κ2) is 5.96. The van der Waals surface area contributed by atoms with Crippen LogP contribution in [0.4, 0.5) is 0 Å². The maximum absolute atomic E-state index is 4.38. The van der Waals surface area contributed by atoms with E-state index < -0.39 is 0 Å². The zero-order chi connectivity index (χ0) is 12.1. The number of thioether (sulfide) groups is 1. The molecule has 1 aromatic carbocycles. The van der Waals surface area contributed by atoms with Crippen molar-refractivity contribution in [3.8, 4) is 0 Å². The minimum atomic E-state index is 0.459. The SMILES string of the molecule is CSCc1cccc(CNC2=NCC(C)N2)c1. The molecule has 1 aromatic rings. The predicted octanol–water partition coefficient (Wildman–Crippen LogP) is 1.99. The monoisotopic (exact) mass is 249 g/mol. The Morgan fingerprint density at radius 3 is 3.00 bits per heavy atom. The lowest BCUT2D eigenvalue weighted by molar-refractivity contribution is 0.713. The molecule has 1 heterocycles. The molecular weight excluding hydrogens is 230 g/mol. The number of nitrogens with zero attached hydrogens (tertiary/aromatic N) is 1. The van der Waals surface area contributed by atoms with E-state index in [1.807, 2.05) is 11.8 Å². The molecule has 0 saturated heterocycles. The first-order chi connectivity index (χ1) is 8.28. The van der Waals surface area contributed by atoms with E-state index in [0.717, 1.165) is 24.8 Å². The summed E-state index contributed by atoms with van der Waals surface area (Å²) in [5.41, 5.74) is 2.69. The van der Waals surface area contributed by atoms with Crippen molar-refractivity contribution in [2.75, 3.05) is 12.8 Å². The van der Waals surface area contributed by atoms with Gasteiger partial charge in [0, 0.05) is 18.3 Å². The lowest BCUT2D eigenvalue weighted by Gasteiger charge is -2.09. The van der Waals surface area contributed by atoms with Gasteiger partial charge < -0.3 is 10.6 Å². The standard InChI is InChI=1S/C13H19N3S/c1-10-7-14-13(16-10)15-8-11-4-3-5-12(6-11)9-17-2/h3-6,10H,7-9H2,1-2H3,(H2,14,15,16). The summed E-state index contributed by atoms with van der Waals surface area (Å²) in [6.45, 7) is 3.84. The molecule has 0 saturated carbocycles. The first kappa shape index (κ1) is 12.3. The molecule has 1 aliphatic rings. The van der Waals surface area contributed by atoms with Crippen LogP contribution in [-0.4, -0.2) is 24.8 Å². The smallest absolute Gasteiger partial charge is 0.191 e. The Hall–Kier alpha value is -1.16. The Bertz CT molecular complexity index is 403. The van der Waals surface area contributed by atoms with E-state index in [9.17, 15) is 0 Å². The van der Waals surface area contributed by atoms with Crippen LogP contribution in [0, 0.1) is 0 Å². The number of benzene rings is 1. The second-order valence-corrected chi connectivity index (χ2v) is 5.21. The van der Waals surface area contributed by atoms with Gasteiger partial charge in [0.1, 0.15) is 0 Å². The fourth-order valence-corrected chi connectivity index (χ4v) is 2.35. The normalized spacial score (nSPS) is 18.7. The van der Waals surface area contributed by atoms with Crippen molar-refractivity contribution < 1.29 is 0 Å². The Morgan fingerprint density at radius 2 is 2.29 bits per heavy atom. The van der Waals surface area contributed by atoms with E-state index in [4.69, 9.17) is 0 Å². The molecular formula is C13H19N3S. The van der Waals surface area contributed by atoms with Crippen LogP contribution in [0.2, 0.25) is 0 Å². The highest BCUT2D eigenvalue weighted by Gasteiger charge is 2.11. The number of nitrogens with one attached hydrogen (secondary N) is 2. The molecule has 0 aromatic heterocycles. The molecule has 0 amide bonds. The zero-order valence-corrected chi connectivity index (χ0v) is 11.2. The molecule has 0 bridgehead atoms. The molecule has 4 heteroatoms. The van der Waals surface area contributed by atoms with Crippen LogP contribution < -0.4 is 10.6 Å². The number of hydrogen-bond donors (Lipinski definition) is 2. The van der Waals surface area contributed by atoms with Gasteiger partial charge in [0.15, 0.2) is 5.96 Å². The fraction of sp³-hybridized carbons (Fsp3) is 0.462. The summed E-state index contributed by atoms with van der Waals surface area (Å²) < 4.78 is 0. The van der Waals surface area contributed by atoms with E-state index >= 15 is 0 Å². The van der Waals surface area contributed by atoms with Gasteiger partial charge in [-0.25, -0.2) is 0 Å². The summed E-state index contributed by atoms with van der Waals surface area (Å²) in [4.78, 5) is 4.38. The molecule has 2 rings (SSSR count). The average Bonchev–Trinajstić information content (AvgIpc) is 2.74. The van der Waals surface area contributed by atoms with Gasteiger partial charge in [-0.3, -0.25) is 4.99 Å². The van der Waals surface area contributed by atoms with Crippen molar-refractivity contribution in [2.24, 2.45) is 4.99 Å². The highest BCUT2D eigenvalue weighted by molar-refractivity contribution is 7.97. The highest BCUT2D eigenvalue weighted by Crippen LogP contribution is 2.11. The third-order valence-electron chi connectivity index (χ3n) is 2.67. The summed E-state index contributed by atoms with van der Waals surface area (Å²) in [5, 5.41) is 6.63. The topological polar surface area (TPSA) is 36.4 Å². The van der Waals surface area contributed by atoms with Gasteiger partial charge in [0.25, 0.3) is 0 Å². The van der Waals surface area contributed by atoms with Crippen molar-refractivity contribution in [1.82, 2.24) is 10.6 Å². The first-order valence-corrected chi connectivity index (χ1v) is 7.29. The van der Waals surface area contributed by atoms with Crippen LogP contribution in [0.1, 0.15) is 18.1 Å². The summed E-state index contributed by atoms with van der Waals surface area (Å²) in [6.07, 6.45) is 2.13. The number of aliphatic imine (C=N–C) groups is 1. The molecule has 92 valence electrons. The van der Waals surface area contributed by atoms with E-state index in [0.29, 0.717) is 6.04 Å². The third-order valence-corrected chi connectivity index (χ3v) is 3.29. The lowest BCUT2D eigenvalue weighted by Crippen LogP contribution is -2.37. The zero-order valence-electron chi connectivity index (χ0n) is 10.4. The molecule has 3 nitrogen and oxygen atoms in total. The van der Waals surface area contributed by atoms with E-state index in [-0.39, 0.29) is 0 Å². The Kier molecular flexibility index (Phi) is 4.31. The van der Waals surface area contributed by atoms with Gasteiger partial charge in [0.05, 0.1) is 6.54 Å². The first-order valence-electron chi connectivity index (χ1n) is 5.89. The Morgan fingerprint density at radius 1 is 1.47 bits per heavy atom. The van der Waals surface area contributed by atoms with E-state index in [1.165, 1.54) is 11.1 Å². The summed E-state index contributed by atoms with van der Waals surface area (Å²) in [7, 11) is 0. The molecule has 0 fully saturated rings. The molecule has 17 heavy (non-hydrogen) atoms. The summed E-state index contributed by atoms with van der Waals surface area (Å²) >= 11 is 1.85. The maximum Gasteiger partial charge on any atom is 0.191 e. The molecule has 1 aliphatic heterocycles. The maximum atomic E-state index is 4.38. The van der Waals surface area contributed by atoms with Crippen molar-refractivity contribution >= 4 is 17.7 Å². The van der Waals surface area contributed by atoms with Gasteiger partial charge in [-0.1, -0.05) is 24.3 Å². The largest absolute Gasteiger partial charge is 0.352 e. The highest BCUT2D eigenvalue weighted by atomic mass is 32.2. The van der Waals surface area contributed by atoms with Gasteiger partial charge >= 0.3 is 0 Å². The number of hydrogen-bond acceptors (Lipinski definition) is 4. The van der Waals surface area contributed by atoms with Crippen molar-refractivity contribution in [2.45, 2.75) is 25.3 Å². The molecule has 1 atom stereocenters. The Labute approximate surface area is 107 Å². The summed E-state index contributed by atoms with van der Waals surface area (Å²) in [5.74, 6) is 2.00. The lowest BCUT2D eigenvalue weighted by atomic mass is 10.1. The van der Waals surface area contributed by atoms with E-state index in [2.05, 4.69) is 53.1 Å². The van der Waals surface area contributed by atoms with Gasteiger partial charge in [-0.2, -0.15) is 11.8 Å². The van der Waals surface area contributed by atoms with Gasteiger partial charge in [-0.15, -0.1) is 0 Å². The van der Waals surface area contributed by atoms with Crippen LogP contribution >= 0.6 is 11.8 Å².